The zero-order valence-electron chi connectivity index (χ0n) is 9.04. The second kappa shape index (κ2) is 5.12. The van der Waals surface area contributed by atoms with Gasteiger partial charge in [-0.15, -0.1) is 0 Å². The molecule has 0 unspecified atom stereocenters. The Bertz CT molecular complexity index is 234. The molecule has 1 saturated heterocycles. The van der Waals surface area contributed by atoms with Crippen LogP contribution >= 0.6 is 0 Å². The van der Waals surface area contributed by atoms with Crippen LogP contribution in [0.25, 0.3) is 0 Å². The van der Waals surface area contributed by atoms with Crippen molar-refractivity contribution >= 4 is 5.91 Å². The predicted octanol–water partition coefficient (Wildman–Crippen LogP) is 0.00930. The third-order valence-electron chi connectivity index (χ3n) is 2.53. The number of allylic oxidation sites excluding steroid dienone is 1. The van der Waals surface area contributed by atoms with Crippen molar-refractivity contribution in [2.75, 3.05) is 33.9 Å². The summed E-state index contributed by atoms with van der Waals surface area (Å²) in [5, 5.41) is 2.63. The maximum atomic E-state index is 11.4. The van der Waals surface area contributed by atoms with Gasteiger partial charge in [0.15, 0.2) is 0 Å². The van der Waals surface area contributed by atoms with Gasteiger partial charge in [0.05, 0.1) is 19.3 Å². The quantitative estimate of drug-likeness (QED) is 0.647. The second-order valence-electron chi connectivity index (χ2n) is 3.50. The lowest BCUT2D eigenvalue weighted by Gasteiger charge is -2.34. The summed E-state index contributed by atoms with van der Waals surface area (Å²) < 4.78 is 5.10. The number of carbonyl (C=O) groups is 1. The zero-order valence-corrected chi connectivity index (χ0v) is 9.04. The summed E-state index contributed by atoms with van der Waals surface area (Å²) in [5.41, 5.74) is 0.807. The molecule has 0 atom stereocenters. The van der Waals surface area contributed by atoms with Crippen molar-refractivity contribution in [3.05, 3.63) is 11.6 Å². The van der Waals surface area contributed by atoms with Crippen LogP contribution in [0.1, 0.15) is 6.92 Å². The fourth-order valence-corrected chi connectivity index (χ4v) is 1.33. The molecule has 0 radical (unpaired) electrons. The standard InChI is InChI=1S/C10H18N2O2/c1-4-8(10(13)11-2)5-12(3)9-6-14-7-9/h4,9H,5-7H2,1-3H3,(H,11,13)/b8-4+. The first-order valence-electron chi connectivity index (χ1n) is 4.84. The zero-order chi connectivity index (χ0) is 10.6. The fourth-order valence-electron chi connectivity index (χ4n) is 1.33. The fraction of sp³-hybridized carbons (Fsp3) is 0.700. The number of likely N-dealkylation sites (N-methyl/N-ethyl adjacent to an activating group) is 2. The average Bonchev–Trinajstić information content (AvgIpc) is 2.10. The number of amides is 1. The lowest BCUT2D eigenvalue weighted by atomic mass is 10.1. The van der Waals surface area contributed by atoms with Gasteiger partial charge in [-0.3, -0.25) is 9.69 Å². The maximum absolute atomic E-state index is 11.4. The van der Waals surface area contributed by atoms with E-state index in [4.69, 9.17) is 4.74 Å². The van der Waals surface area contributed by atoms with Crippen molar-refractivity contribution in [3.63, 3.8) is 0 Å². The molecule has 1 aliphatic rings. The van der Waals surface area contributed by atoms with Crippen LogP contribution in [0, 0.1) is 0 Å². The lowest BCUT2D eigenvalue weighted by Crippen LogP contribution is -2.48. The Morgan fingerprint density at radius 1 is 1.64 bits per heavy atom. The third-order valence-corrected chi connectivity index (χ3v) is 2.53. The Kier molecular flexibility index (Phi) is 4.10. The molecule has 80 valence electrons. The summed E-state index contributed by atoms with van der Waals surface area (Å²) in [6.45, 7) is 4.13. The van der Waals surface area contributed by atoms with Crippen molar-refractivity contribution in [3.8, 4) is 0 Å². The van der Waals surface area contributed by atoms with Crippen LogP contribution in [0.15, 0.2) is 11.6 Å². The number of hydrogen-bond acceptors (Lipinski definition) is 3. The van der Waals surface area contributed by atoms with E-state index in [1.165, 1.54) is 0 Å². The minimum absolute atomic E-state index is 0.000378. The highest BCUT2D eigenvalue weighted by molar-refractivity contribution is 5.93. The van der Waals surface area contributed by atoms with Gasteiger partial charge in [0.2, 0.25) is 5.91 Å². The van der Waals surface area contributed by atoms with Crippen LogP contribution in [0.3, 0.4) is 0 Å². The van der Waals surface area contributed by atoms with Crippen molar-refractivity contribution in [1.82, 2.24) is 10.2 Å². The number of nitrogens with zero attached hydrogens (tertiary/aromatic N) is 1. The Balaban J connectivity index is 2.43. The summed E-state index contributed by atoms with van der Waals surface area (Å²) in [7, 11) is 3.66. The molecule has 1 N–H and O–H groups in total. The molecule has 0 aliphatic carbocycles. The number of nitrogens with one attached hydrogen (secondary N) is 1. The smallest absolute Gasteiger partial charge is 0.247 e. The highest BCUT2D eigenvalue weighted by Gasteiger charge is 2.24. The molecule has 1 heterocycles. The van der Waals surface area contributed by atoms with Gasteiger partial charge in [0.1, 0.15) is 0 Å². The van der Waals surface area contributed by atoms with Gasteiger partial charge in [-0.25, -0.2) is 0 Å². The SMILES string of the molecule is C/C=C(\CN(C)C1COC1)C(=O)NC. The molecule has 0 bridgehead atoms. The predicted molar refractivity (Wildman–Crippen MR) is 55.1 cm³/mol. The summed E-state index contributed by atoms with van der Waals surface area (Å²) in [4.78, 5) is 13.5. The molecule has 0 saturated carbocycles. The highest BCUT2D eigenvalue weighted by Crippen LogP contribution is 2.10. The van der Waals surface area contributed by atoms with Crippen molar-refractivity contribution in [2.45, 2.75) is 13.0 Å². The molecular weight excluding hydrogens is 180 g/mol. The first kappa shape index (κ1) is 11.2. The van der Waals surface area contributed by atoms with E-state index in [0.29, 0.717) is 12.6 Å². The molecule has 0 aromatic rings. The van der Waals surface area contributed by atoms with Gasteiger partial charge >= 0.3 is 0 Å². The Morgan fingerprint density at radius 3 is 2.64 bits per heavy atom. The normalized spacial score (nSPS) is 18.1. The number of hydrogen-bond donors (Lipinski definition) is 1. The van der Waals surface area contributed by atoms with E-state index in [1.54, 1.807) is 7.05 Å². The van der Waals surface area contributed by atoms with Crippen LogP contribution in [0.4, 0.5) is 0 Å². The molecule has 0 aromatic carbocycles. The van der Waals surface area contributed by atoms with Gasteiger partial charge < -0.3 is 10.1 Å². The van der Waals surface area contributed by atoms with Gasteiger partial charge in [-0.1, -0.05) is 6.08 Å². The van der Waals surface area contributed by atoms with Crippen LogP contribution in [0.2, 0.25) is 0 Å². The topological polar surface area (TPSA) is 41.6 Å². The third kappa shape index (κ3) is 2.56. The Hall–Kier alpha value is -0.870. The van der Waals surface area contributed by atoms with Crippen molar-refractivity contribution in [2.24, 2.45) is 0 Å². The van der Waals surface area contributed by atoms with Gasteiger partial charge in [-0.05, 0) is 14.0 Å². The molecule has 1 aliphatic heterocycles. The summed E-state index contributed by atoms with van der Waals surface area (Å²) in [6.07, 6.45) is 1.86. The summed E-state index contributed by atoms with van der Waals surface area (Å²) in [6, 6.07) is 0.467. The summed E-state index contributed by atoms with van der Waals surface area (Å²) in [5.74, 6) is -0.000378. The number of ether oxygens (including phenoxy) is 1. The van der Waals surface area contributed by atoms with Crippen LogP contribution in [-0.2, 0) is 9.53 Å². The molecule has 0 spiro atoms. The van der Waals surface area contributed by atoms with Crippen LogP contribution < -0.4 is 5.32 Å². The Morgan fingerprint density at radius 2 is 2.29 bits per heavy atom. The minimum Gasteiger partial charge on any atom is -0.378 e. The number of carbonyl (C=O) groups excluding carboxylic acids is 1. The van der Waals surface area contributed by atoms with Gasteiger partial charge in [0, 0.05) is 19.2 Å². The second-order valence-corrected chi connectivity index (χ2v) is 3.50. The molecule has 14 heavy (non-hydrogen) atoms. The van der Waals surface area contributed by atoms with E-state index < -0.39 is 0 Å². The van der Waals surface area contributed by atoms with E-state index in [2.05, 4.69) is 10.2 Å². The first-order chi connectivity index (χ1) is 6.69. The molecule has 4 nitrogen and oxygen atoms in total. The number of rotatable bonds is 4. The van der Waals surface area contributed by atoms with Crippen molar-refractivity contribution in [1.29, 1.82) is 0 Å². The largest absolute Gasteiger partial charge is 0.378 e. The molecule has 0 aromatic heterocycles. The summed E-state index contributed by atoms with van der Waals surface area (Å²) >= 11 is 0. The molecule has 1 rings (SSSR count). The van der Waals surface area contributed by atoms with E-state index in [1.807, 2.05) is 20.0 Å². The molecule has 1 fully saturated rings. The molecular formula is C10H18N2O2. The van der Waals surface area contributed by atoms with E-state index in [0.717, 1.165) is 18.8 Å². The van der Waals surface area contributed by atoms with Gasteiger partial charge in [-0.2, -0.15) is 0 Å². The average molecular weight is 198 g/mol. The monoisotopic (exact) mass is 198 g/mol. The molecule has 4 heteroatoms. The van der Waals surface area contributed by atoms with Crippen LogP contribution in [-0.4, -0.2) is 50.7 Å². The van der Waals surface area contributed by atoms with E-state index in [-0.39, 0.29) is 5.91 Å². The van der Waals surface area contributed by atoms with E-state index >= 15 is 0 Å². The van der Waals surface area contributed by atoms with Crippen LogP contribution in [0.5, 0.6) is 0 Å². The van der Waals surface area contributed by atoms with Crippen molar-refractivity contribution < 1.29 is 9.53 Å². The Labute approximate surface area is 84.9 Å². The minimum atomic E-state index is -0.000378. The van der Waals surface area contributed by atoms with E-state index in [9.17, 15) is 4.79 Å². The highest BCUT2D eigenvalue weighted by atomic mass is 16.5. The lowest BCUT2D eigenvalue weighted by molar-refractivity contribution is -0.117. The molecule has 1 amide bonds. The van der Waals surface area contributed by atoms with Gasteiger partial charge in [0.25, 0.3) is 0 Å². The maximum Gasteiger partial charge on any atom is 0.247 e. The first-order valence-corrected chi connectivity index (χ1v) is 4.84.